The van der Waals surface area contributed by atoms with Crippen molar-refractivity contribution in [2.24, 2.45) is 0 Å². The molecule has 1 aromatic heterocycles. The number of carbonyl (C=O) groups excluding carboxylic acids is 3. The molecular formula is C10H12N2O4S. The predicted octanol–water partition coefficient (Wildman–Crippen LogP) is 0.609. The second-order valence-electron chi connectivity index (χ2n) is 3.11. The lowest BCUT2D eigenvalue weighted by molar-refractivity contribution is -0.122. The number of esters is 1. The fourth-order valence-electron chi connectivity index (χ4n) is 1.06. The van der Waals surface area contributed by atoms with Crippen LogP contribution in [0.5, 0.6) is 0 Å². The Morgan fingerprint density at radius 3 is 2.71 bits per heavy atom. The highest BCUT2D eigenvalue weighted by Gasteiger charge is 2.15. The van der Waals surface area contributed by atoms with Gasteiger partial charge < -0.3 is 15.4 Å². The first-order valence-corrected chi connectivity index (χ1v) is 5.62. The van der Waals surface area contributed by atoms with Crippen molar-refractivity contribution in [3.05, 3.63) is 16.3 Å². The standard InChI is InChI=1S/C10H12N2O4S/c1-6(13)11-5-8(14)12-7-3-4-17-9(7)10(15)16-2/h3-4H,5H2,1-2H3,(H,11,13)(H,12,14). The third-order valence-corrected chi connectivity index (χ3v) is 2.70. The molecule has 2 amide bonds. The SMILES string of the molecule is COC(=O)c1sccc1NC(=O)CNC(C)=O. The van der Waals surface area contributed by atoms with Gasteiger partial charge in [-0.2, -0.15) is 0 Å². The molecule has 92 valence electrons. The van der Waals surface area contributed by atoms with Gasteiger partial charge in [0.15, 0.2) is 0 Å². The molecule has 7 heteroatoms. The molecule has 0 fully saturated rings. The molecule has 0 atom stereocenters. The number of thiophene rings is 1. The molecule has 0 unspecified atom stereocenters. The minimum absolute atomic E-state index is 0.133. The van der Waals surface area contributed by atoms with Crippen molar-refractivity contribution in [1.29, 1.82) is 0 Å². The maximum Gasteiger partial charge on any atom is 0.350 e. The van der Waals surface area contributed by atoms with Gasteiger partial charge in [-0.3, -0.25) is 9.59 Å². The second kappa shape index (κ2) is 6.00. The smallest absolute Gasteiger partial charge is 0.350 e. The van der Waals surface area contributed by atoms with E-state index in [1.807, 2.05) is 0 Å². The number of hydrogen-bond acceptors (Lipinski definition) is 5. The molecule has 1 rings (SSSR count). The van der Waals surface area contributed by atoms with Crippen molar-refractivity contribution in [3.8, 4) is 0 Å². The lowest BCUT2D eigenvalue weighted by atomic mass is 10.3. The summed E-state index contributed by atoms with van der Waals surface area (Å²) >= 11 is 1.17. The molecule has 0 saturated heterocycles. The van der Waals surface area contributed by atoms with Gasteiger partial charge in [0, 0.05) is 6.92 Å². The Morgan fingerprint density at radius 1 is 1.41 bits per heavy atom. The Bertz CT molecular complexity index is 441. The first-order chi connectivity index (χ1) is 8.04. The van der Waals surface area contributed by atoms with E-state index in [1.54, 1.807) is 11.4 Å². The number of ether oxygens (including phenoxy) is 1. The van der Waals surface area contributed by atoms with Gasteiger partial charge in [-0.05, 0) is 11.4 Å². The lowest BCUT2D eigenvalue weighted by Crippen LogP contribution is -2.31. The highest BCUT2D eigenvalue weighted by Crippen LogP contribution is 2.22. The molecule has 17 heavy (non-hydrogen) atoms. The largest absolute Gasteiger partial charge is 0.465 e. The minimum atomic E-state index is -0.505. The highest BCUT2D eigenvalue weighted by molar-refractivity contribution is 7.12. The average molecular weight is 256 g/mol. The van der Waals surface area contributed by atoms with Gasteiger partial charge >= 0.3 is 5.97 Å². The summed E-state index contributed by atoms with van der Waals surface area (Å²) in [6.45, 7) is 1.18. The molecule has 0 aliphatic heterocycles. The van der Waals surface area contributed by atoms with Gasteiger partial charge in [-0.25, -0.2) is 4.79 Å². The van der Waals surface area contributed by atoms with Crippen LogP contribution < -0.4 is 10.6 Å². The van der Waals surface area contributed by atoms with Crippen molar-refractivity contribution in [3.63, 3.8) is 0 Å². The molecule has 0 spiro atoms. The van der Waals surface area contributed by atoms with Crippen LogP contribution >= 0.6 is 11.3 Å². The number of rotatable bonds is 4. The minimum Gasteiger partial charge on any atom is -0.465 e. The summed E-state index contributed by atoms with van der Waals surface area (Å²) in [7, 11) is 1.27. The third-order valence-electron chi connectivity index (χ3n) is 1.81. The van der Waals surface area contributed by atoms with Crippen LogP contribution in [0.1, 0.15) is 16.6 Å². The van der Waals surface area contributed by atoms with Crippen LogP contribution in [-0.2, 0) is 14.3 Å². The fraction of sp³-hybridized carbons (Fsp3) is 0.300. The quantitative estimate of drug-likeness (QED) is 0.773. The lowest BCUT2D eigenvalue weighted by Gasteiger charge is -2.05. The molecule has 1 aromatic rings. The Balaban J connectivity index is 2.62. The van der Waals surface area contributed by atoms with Gasteiger partial charge in [0.1, 0.15) is 4.88 Å². The van der Waals surface area contributed by atoms with E-state index < -0.39 is 11.9 Å². The zero-order valence-electron chi connectivity index (χ0n) is 9.40. The highest BCUT2D eigenvalue weighted by atomic mass is 32.1. The molecule has 0 aliphatic carbocycles. The fourth-order valence-corrected chi connectivity index (χ4v) is 1.82. The van der Waals surface area contributed by atoms with E-state index in [9.17, 15) is 14.4 Å². The zero-order valence-corrected chi connectivity index (χ0v) is 10.2. The molecule has 2 N–H and O–H groups in total. The van der Waals surface area contributed by atoms with E-state index in [2.05, 4.69) is 15.4 Å². The van der Waals surface area contributed by atoms with Crippen LogP contribution in [0.25, 0.3) is 0 Å². The van der Waals surface area contributed by atoms with Gasteiger partial charge in [-0.1, -0.05) is 0 Å². The Morgan fingerprint density at radius 2 is 2.12 bits per heavy atom. The molecule has 1 heterocycles. The van der Waals surface area contributed by atoms with E-state index in [0.717, 1.165) is 0 Å². The molecule has 0 radical (unpaired) electrons. The maximum atomic E-state index is 11.4. The summed E-state index contributed by atoms with van der Waals surface area (Å²) in [6, 6.07) is 1.60. The Hall–Kier alpha value is -1.89. The summed E-state index contributed by atoms with van der Waals surface area (Å²) in [5.41, 5.74) is 0.386. The first-order valence-electron chi connectivity index (χ1n) is 4.74. The van der Waals surface area contributed by atoms with E-state index in [-0.39, 0.29) is 12.5 Å². The van der Waals surface area contributed by atoms with Gasteiger partial charge in [0.05, 0.1) is 19.3 Å². The van der Waals surface area contributed by atoms with Crippen molar-refractivity contribution in [2.45, 2.75) is 6.92 Å². The van der Waals surface area contributed by atoms with Gasteiger partial charge in [0.25, 0.3) is 0 Å². The zero-order chi connectivity index (χ0) is 12.8. The van der Waals surface area contributed by atoms with E-state index >= 15 is 0 Å². The van der Waals surface area contributed by atoms with E-state index in [0.29, 0.717) is 10.6 Å². The van der Waals surface area contributed by atoms with Crippen molar-refractivity contribution >= 4 is 34.8 Å². The normalized spacial score (nSPS) is 9.53. The van der Waals surface area contributed by atoms with Crippen LogP contribution in [0.15, 0.2) is 11.4 Å². The average Bonchev–Trinajstić information content (AvgIpc) is 2.73. The van der Waals surface area contributed by atoms with Crippen molar-refractivity contribution in [2.75, 3.05) is 19.0 Å². The predicted molar refractivity (Wildman–Crippen MR) is 63.0 cm³/mol. The van der Waals surface area contributed by atoms with Crippen LogP contribution in [0, 0.1) is 0 Å². The van der Waals surface area contributed by atoms with Gasteiger partial charge in [-0.15, -0.1) is 11.3 Å². The second-order valence-corrected chi connectivity index (χ2v) is 4.03. The summed E-state index contributed by atoms with van der Waals surface area (Å²) in [5, 5.41) is 6.54. The molecule has 6 nitrogen and oxygen atoms in total. The summed E-state index contributed by atoms with van der Waals surface area (Å²) in [6.07, 6.45) is 0. The van der Waals surface area contributed by atoms with Crippen molar-refractivity contribution < 1.29 is 19.1 Å². The number of methoxy groups -OCH3 is 1. The first kappa shape index (κ1) is 13.2. The Labute approximate surface area is 102 Å². The maximum absolute atomic E-state index is 11.4. The molecule has 0 aliphatic rings. The monoisotopic (exact) mass is 256 g/mol. The topological polar surface area (TPSA) is 84.5 Å². The van der Waals surface area contributed by atoms with Crippen LogP contribution in [0.4, 0.5) is 5.69 Å². The van der Waals surface area contributed by atoms with E-state index in [4.69, 9.17) is 0 Å². The van der Waals surface area contributed by atoms with Gasteiger partial charge in [0.2, 0.25) is 11.8 Å². The van der Waals surface area contributed by atoms with Crippen LogP contribution in [0.3, 0.4) is 0 Å². The summed E-state index contributed by atoms with van der Waals surface area (Å²) in [4.78, 5) is 33.6. The van der Waals surface area contributed by atoms with E-state index in [1.165, 1.54) is 25.4 Å². The number of amides is 2. The molecule has 0 bridgehead atoms. The van der Waals surface area contributed by atoms with Crippen LogP contribution in [-0.4, -0.2) is 31.4 Å². The Kier molecular flexibility index (Phi) is 4.65. The molecule has 0 aromatic carbocycles. The van der Waals surface area contributed by atoms with Crippen molar-refractivity contribution in [1.82, 2.24) is 5.32 Å². The number of anilines is 1. The van der Waals surface area contributed by atoms with Crippen LogP contribution in [0.2, 0.25) is 0 Å². The molecule has 0 saturated carbocycles. The summed E-state index contributed by atoms with van der Waals surface area (Å²) < 4.78 is 4.57. The number of nitrogens with one attached hydrogen (secondary N) is 2. The molecular weight excluding hydrogens is 244 g/mol. The number of carbonyl (C=O) groups is 3. The summed E-state index contributed by atoms with van der Waals surface area (Å²) in [5.74, 6) is -1.20. The third kappa shape index (κ3) is 3.87. The number of hydrogen-bond donors (Lipinski definition) is 2.